The zero-order valence-corrected chi connectivity index (χ0v) is 25.0. The number of hydrogen-bond donors (Lipinski definition) is 0. The molecule has 10 heteroatoms. The highest BCUT2D eigenvalue weighted by Crippen LogP contribution is 2.26. The molecule has 0 spiro atoms. The van der Waals surface area contributed by atoms with Crippen LogP contribution in [0.5, 0.6) is 0 Å². The predicted octanol–water partition coefficient (Wildman–Crippen LogP) is 3.49. The van der Waals surface area contributed by atoms with Crippen LogP contribution in [0.1, 0.15) is 34.1 Å². The minimum atomic E-state index is -0.991. The number of benzene rings is 5. The summed E-state index contributed by atoms with van der Waals surface area (Å²) < 4.78 is 0.663. The van der Waals surface area contributed by atoms with Gasteiger partial charge in [0.2, 0.25) is 0 Å². The molecule has 7 rings (SSSR count). The van der Waals surface area contributed by atoms with Crippen molar-refractivity contribution < 1.29 is 19.3 Å². The lowest BCUT2D eigenvalue weighted by atomic mass is 9.91. The highest BCUT2D eigenvalue weighted by atomic mass is 16.7. The van der Waals surface area contributed by atoms with E-state index in [9.17, 15) is 28.8 Å². The van der Waals surface area contributed by atoms with E-state index in [1.807, 2.05) is 0 Å². The summed E-state index contributed by atoms with van der Waals surface area (Å²) in [5.74, 6) is -3.68. The number of carbonyl (C=O) groups excluding carboxylic acids is 2. The van der Waals surface area contributed by atoms with Crippen molar-refractivity contribution in [3.63, 3.8) is 0 Å². The maximum absolute atomic E-state index is 13.5. The third kappa shape index (κ3) is 5.21. The van der Waals surface area contributed by atoms with Gasteiger partial charge in [-0.25, -0.2) is 9.59 Å². The van der Waals surface area contributed by atoms with E-state index in [1.54, 1.807) is 121 Å². The molecule has 0 saturated heterocycles. The minimum absolute atomic E-state index is 0.247. The standard InChI is InChI=1S/C38H24N2O8/c41-33-27-21-29-30(36(44)40(35(29)43)48-38(46)32(25-17-9-3-10-18-25)26-19-11-4-12-20-26)22-28(27)34(42)39(33)47-37(45)31(23-13-5-1-6-14-23)24-15-7-2-8-16-24/h1-22,31-32H. The van der Waals surface area contributed by atoms with Crippen LogP contribution in [0.3, 0.4) is 0 Å². The Kier molecular flexibility index (Phi) is 7.66. The van der Waals surface area contributed by atoms with Crippen molar-refractivity contribution in [1.29, 1.82) is 0 Å². The zero-order chi connectivity index (χ0) is 33.4. The molecule has 48 heavy (non-hydrogen) atoms. The van der Waals surface area contributed by atoms with Gasteiger partial charge in [0.15, 0.2) is 0 Å². The Balaban J connectivity index is 1.26. The molecule has 5 aromatic carbocycles. The Morgan fingerprint density at radius 3 is 0.854 bits per heavy atom. The summed E-state index contributed by atoms with van der Waals surface area (Å²) in [4.78, 5) is 91.5. The summed E-state index contributed by atoms with van der Waals surface area (Å²) in [5.41, 5.74) is -1.64. The summed E-state index contributed by atoms with van der Waals surface area (Å²) in [6.07, 6.45) is 0. The summed E-state index contributed by atoms with van der Waals surface area (Å²) in [6.45, 7) is 0. The van der Waals surface area contributed by atoms with E-state index in [1.165, 1.54) is 0 Å². The first-order valence-corrected chi connectivity index (χ1v) is 14.9. The van der Waals surface area contributed by atoms with Crippen LogP contribution in [-0.4, -0.2) is 21.4 Å². The molecule has 0 radical (unpaired) electrons. The van der Waals surface area contributed by atoms with Gasteiger partial charge >= 0.3 is 11.9 Å². The average molecular weight is 637 g/mol. The normalized spacial score (nSPS) is 11.4. The van der Waals surface area contributed by atoms with Gasteiger partial charge in [0, 0.05) is 0 Å². The Morgan fingerprint density at radius 1 is 0.396 bits per heavy atom. The van der Waals surface area contributed by atoms with E-state index in [2.05, 4.69) is 0 Å². The fraction of sp³-hybridized carbons (Fsp3) is 0.0526. The van der Waals surface area contributed by atoms with Crippen molar-refractivity contribution >= 4 is 33.5 Å². The van der Waals surface area contributed by atoms with Gasteiger partial charge in [-0.05, 0) is 34.4 Å². The van der Waals surface area contributed by atoms with Crippen LogP contribution >= 0.6 is 0 Å². The Hall–Kier alpha value is -6.68. The van der Waals surface area contributed by atoms with Crippen molar-refractivity contribution in [1.82, 2.24) is 9.46 Å². The molecule has 0 aliphatic carbocycles. The first kappa shape index (κ1) is 30.0. The largest absolute Gasteiger partial charge is 0.345 e. The predicted molar refractivity (Wildman–Crippen MR) is 178 cm³/mol. The number of aromatic nitrogens is 2. The van der Waals surface area contributed by atoms with Crippen LogP contribution in [-0.2, 0) is 9.59 Å². The third-order valence-electron chi connectivity index (χ3n) is 8.18. The second-order valence-corrected chi connectivity index (χ2v) is 11.1. The third-order valence-corrected chi connectivity index (χ3v) is 8.18. The van der Waals surface area contributed by atoms with Crippen LogP contribution in [0.25, 0.3) is 21.5 Å². The van der Waals surface area contributed by atoms with Gasteiger partial charge in [-0.2, -0.15) is 0 Å². The lowest BCUT2D eigenvalue weighted by Crippen LogP contribution is -2.38. The number of nitrogens with zero attached hydrogens (tertiary/aromatic N) is 2. The monoisotopic (exact) mass is 636 g/mol. The van der Waals surface area contributed by atoms with Crippen molar-refractivity contribution in [2.45, 2.75) is 11.8 Å². The van der Waals surface area contributed by atoms with Gasteiger partial charge < -0.3 is 9.68 Å². The average Bonchev–Trinajstić information content (AvgIpc) is 3.49. The number of hydrogen-bond acceptors (Lipinski definition) is 8. The zero-order valence-electron chi connectivity index (χ0n) is 25.0. The molecule has 10 nitrogen and oxygen atoms in total. The first-order valence-electron chi connectivity index (χ1n) is 14.9. The Bertz CT molecular complexity index is 2180. The SMILES string of the molecule is O=C(On1c(=O)c2cc3c(=O)n(OC(=O)C(c4ccccc4)c4ccccc4)c(=O)c3cc2c1=O)C(c1ccccc1)c1ccccc1. The molecule has 0 unspecified atom stereocenters. The highest BCUT2D eigenvalue weighted by Gasteiger charge is 2.30. The fourth-order valence-corrected chi connectivity index (χ4v) is 5.89. The van der Waals surface area contributed by atoms with Crippen molar-refractivity contribution in [2.75, 3.05) is 0 Å². The molecular formula is C38H24N2O8. The van der Waals surface area contributed by atoms with Gasteiger partial charge in [-0.3, -0.25) is 19.2 Å². The van der Waals surface area contributed by atoms with E-state index in [0.29, 0.717) is 31.7 Å². The van der Waals surface area contributed by atoms with Gasteiger partial charge in [-0.1, -0.05) is 131 Å². The van der Waals surface area contributed by atoms with Crippen LogP contribution in [0, 0.1) is 0 Å². The van der Waals surface area contributed by atoms with E-state index in [-0.39, 0.29) is 21.5 Å². The van der Waals surface area contributed by atoms with Crippen molar-refractivity contribution in [2.24, 2.45) is 0 Å². The fourth-order valence-electron chi connectivity index (χ4n) is 5.89. The molecule has 0 N–H and O–H groups in total. The molecule has 7 aromatic rings. The van der Waals surface area contributed by atoms with Gasteiger partial charge in [0.05, 0.1) is 21.5 Å². The molecule has 234 valence electrons. The molecular weight excluding hydrogens is 612 g/mol. The van der Waals surface area contributed by atoms with Crippen LogP contribution in [0.15, 0.2) is 153 Å². The van der Waals surface area contributed by atoms with Crippen LogP contribution in [0.2, 0.25) is 0 Å². The number of fused-ring (bicyclic) bond motifs is 2. The van der Waals surface area contributed by atoms with Gasteiger partial charge in [0.25, 0.3) is 22.2 Å². The van der Waals surface area contributed by atoms with E-state index < -0.39 is 46.0 Å². The quantitative estimate of drug-likeness (QED) is 0.248. The number of carbonyl (C=O) groups is 2. The summed E-state index contributed by atoms with van der Waals surface area (Å²) in [6, 6.07) is 37.1. The van der Waals surface area contributed by atoms with Crippen LogP contribution in [0.4, 0.5) is 0 Å². The van der Waals surface area contributed by atoms with E-state index in [4.69, 9.17) is 9.68 Å². The molecule has 0 aliphatic rings. The summed E-state index contributed by atoms with van der Waals surface area (Å²) >= 11 is 0. The molecule has 0 saturated carbocycles. The number of rotatable bonds is 8. The van der Waals surface area contributed by atoms with Gasteiger partial charge in [-0.15, -0.1) is 0 Å². The molecule has 0 aliphatic heterocycles. The van der Waals surface area contributed by atoms with E-state index >= 15 is 0 Å². The topological polar surface area (TPSA) is 131 Å². The molecule has 0 fully saturated rings. The second-order valence-electron chi connectivity index (χ2n) is 11.1. The maximum Gasteiger partial charge on any atom is 0.345 e. The summed E-state index contributed by atoms with van der Waals surface area (Å²) in [5, 5.41) is -0.988. The smallest absolute Gasteiger partial charge is 0.329 e. The van der Waals surface area contributed by atoms with Gasteiger partial charge in [0.1, 0.15) is 11.8 Å². The maximum atomic E-state index is 13.5. The highest BCUT2D eigenvalue weighted by molar-refractivity contribution is 5.98. The molecule has 0 atom stereocenters. The summed E-state index contributed by atoms with van der Waals surface area (Å²) in [7, 11) is 0. The first-order chi connectivity index (χ1) is 23.3. The minimum Gasteiger partial charge on any atom is -0.329 e. The van der Waals surface area contributed by atoms with Crippen LogP contribution < -0.4 is 31.9 Å². The van der Waals surface area contributed by atoms with E-state index in [0.717, 1.165) is 12.1 Å². The second kappa shape index (κ2) is 12.3. The van der Waals surface area contributed by atoms with Crippen molar-refractivity contribution in [3.05, 3.63) is 197 Å². The Morgan fingerprint density at radius 2 is 0.625 bits per heavy atom. The molecule has 2 aromatic heterocycles. The molecule has 2 heterocycles. The lowest BCUT2D eigenvalue weighted by molar-refractivity contribution is -0.146. The van der Waals surface area contributed by atoms with Crippen molar-refractivity contribution in [3.8, 4) is 0 Å². The Labute approximate surface area is 270 Å². The lowest BCUT2D eigenvalue weighted by Gasteiger charge is -2.16. The molecule has 0 amide bonds. The molecule has 0 bridgehead atoms.